The van der Waals surface area contributed by atoms with Crippen LogP contribution in [0.4, 0.5) is 4.39 Å². The maximum absolute atomic E-state index is 14.7. The van der Waals surface area contributed by atoms with Gasteiger partial charge in [-0.25, -0.2) is 4.39 Å². The molecule has 1 aliphatic carbocycles. The van der Waals surface area contributed by atoms with E-state index in [0.717, 1.165) is 42.4 Å². The second kappa shape index (κ2) is 11.8. The molecule has 0 radical (unpaired) electrons. The highest BCUT2D eigenvalue weighted by Crippen LogP contribution is 2.21. The smallest absolute Gasteiger partial charge is 0.243 e. The Morgan fingerprint density at radius 1 is 0.943 bits per heavy atom. The predicted octanol–water partition coefficient (Wildman–Crippen LogP) is 5.38. The lowest BCUT2D eigenvalue weighted by atomic mass is 10.0. The van der Waals surface area contributed by atoms with Crippen LogP contribution in [-0.2, 0) is 29.0 Å². The number of carbonyl (C=O) groups is 2. The van der Waals surface area contributed by atoms with Gasteiger partial charge in [0.2, 0.25) is 11.8 Å². The lowest BCUT2D eigenvalue weighted by Gasteiger charge is -2.32. The van der Waals surface area contributed by atoms with Gasteiger partial charge >= 0.3 is 0 Å². The van der Waals surface area contributed by atoms with E-state index in [9.17, 15) is 14.0 Å². The zero-order valence-electron chi connectivity index (χ0n) is 20.3. The minimum absolute atomic E-state index is 0.0346. The molecule has 0 spiro atoms. The molecule has 3 aromatic carbocycles. The van der Waals surface area contributed by atoms with Gasteiger partial charge in [0.25, 0.3) is 0 Å². The molecule has 0 heterocycles. The zero-order chi connectivity index (χ0) is 24.6. The van der Waals surface area contributed by atoms with Gasteiger partial charge in [0.15, 0.2) is 0 Å². The number of aryl methyl sites for hydroxylation is 1. The number of hydrogen-bond donors (Lipinski definition) is 1. The SMILES string of the molecule is Cc1cccc(CC(=O)N(Cc2ccccc2F)[C@@H](Cc2ccccc2)C(=O)NC2CCCC2)c1. The summed E-state index contributed by atoms with van der Waals surface area (Å²) in [6, 6.07) is 23.3. The second-order valence-electron chi connectivity index (χ2n) is 9.47. The van der Waals surface area contributed by atoms with Crippen molar-refractivity contribution in [1.29, 1.82) is 0 Å². The van der Waals surface area contributed by atoms with E-state index in [1.807, 2.05) is 61.5 Å². The van der Waals surface area contributed by atoms with E-state index in [0.29, 0.717) is 12.0 Å². The lowest BCUT2D eigenvalue weighted by molar-refractivity contribution is -0.141. The number of nitrogens with one attached hydrogen (secondary N) is 1. The standard InChI is InChI=1S/C30H33FN2O2/c1-22-10-9-13-24(18-22)20-29(34)33(21-25-14-5-8-17-27(25)31)28(19-23-11-3-2-4-12-23)30(35)32-26-15-6-7-16-26/h2-5,8-14,17-18,26,28H,6-7,15-16,19-21H2,1H3,(H,32,35)/t28-/m0/s1. The van der Waals surface area contributed by atoms with Crippen LogP contribution in [0, 0.1) is 12.7 Å². The number of amides is 2. The first kappa shape index (κ1) is 24.6. The summed E-state index contributed by atoms with van der Waals surface area (Å²) in [7, 11) is 0. The fourth-order valence-corrected chi connectivity index (χ4v) is 4.83. The Hall–Kier alpha value is -3.47. The first-order chi connectivity index (χ1) is 17.0. The van der Waals surface area contributed by atoms with Gasteiger partial charge in [-0.1, -0.05) is 91.2 Å². The summed E-state index contributed by atoms with van der Waals surface area (Å²) in [5.41, 5.74) is 3.30. The third-order valence-electron chi connectivity index (χ3n) is 6.71. The summed E-state index contributed by atoms with van der Waals surface area (Å²) in [5.74, 6) is -0.744. The van der Waals surface area contributed by atoms with Crippen molar-refractivity contribution in [2.45, 2.75) is 64.1 Å². The van der Waals surface area contributed by atoms with E-state index in [4.69, 9.17) is 0 Å². The summed E-state index contributed by atoms with van der Waals surface area (Å²) in [6.07, 6.45) is 4.62. The van der Waals surface area contributed by atoms with Crippen LogP contribution in [0.15, 0.2) is 78.9 Å². The second-order valence-corrected chi connectivity index (χ2v) is 9.47. The third kappa shape index (κ3) is 6.78. The molecule has 1 N–H and O–H groups in total. The van der Waals surface area contributed by atoms with Crippen molar-refractivity contribution in [3.63, 3.8) is 0 Å². The van der Waals surface area contributed by atoms with Crippen LogP contribution >= 0.6 is 0 Å². The molecular formula is C30H33FN2O2. The van der Waals surface area contributed by atoms with Crippen molar-refractivity contribution in [3.8, 4) is 0 Å². The Labute approximate surface area is 207 Å². The van der Waals surface area contributed by atoms with Crippen molar-refractivity contribution in [2.75, 3.05) is 0 Å². The van der Waals surface area contributed by atoms with Gasteiger partial charge in [-0.05, 0) is 37.0 Å². The number of hydrogen-bond acceptors (Lipinski definition) is 2. The quantitative estimate of drug-likeness (QED) is 0.455. The molecule has 1 atom stereocenters. The Morgan fingerprint density at radius 3 is 2.34 bits per heavy atom. The van der Waals surface area contributed by atoms with E-state index in [2.05, 4.69) is 5.32 Å². The lowest BCUT2D eigenvalue weighted by Crippen LogP contribution is -2.52. The van der Waals surface area contributed by atoms with Crippen molar-refractivity contribution in [1.82, 2.24) is 10.2 Å². The molecule has 1 saturated carbocycles. The minimum Gasteiger partial charge on any atom is -0.352 e. The van der Waals surface area contributed by atoms with Crippen molar-refractivity contribution < 1.29 is 14.0 Å². The molecule has 0 unspecified atom stereocenters. The van der Waals surface area contributed by atoms with Crippen LogP contribution < -0.4 is 5.32 Å². The molecule has 5 heteroatoms. The van der Waals surface area contributed by atoms with Crippen molar-refractivity contribution in [2.24, 2.45) is 0 Å². The summed E-state index contributed by atoms with van der Waals surface area (Å²) in [6.45, 7) is 2.02. The van der Waals surface area contributed by atoms with Crippen LogP contribution in [0.3, 0.4) is 0 Å². The van der Waals surface area contributed by atoms with Gasteiger partial charge < -0.3 is 10.2 Å². The molecule has 4 nitrogen and oxygen atoms in total. The van der Waals surface area contributed by atoms with Crippen LogP contribution in [0.5, 0.6) is 0 Å². The number of nitrogens with zero attached hydrogens (tertiary/aromatic N) is 1. The first-order valence-electron chi connectivity index (χ1n) is 12.4. The molecule has 1 fully saturated rings. The van der Waals surface area contributed by atoms with Gasteiger partial charge in [0.05, 0.1) is 6.42 Å². The fourth-order valence-electron chi connectivity index (χ4n) is 4.83. The monoisotopic (exact) mass is 472 g/mol. The highest BCUT2D eigenvalue weighted by molar-refractivity contribution is 5.89. The Morgan fingerprint density at radius 2 is 1.63 bits per heavy atom. The molecule has 4 rings (SSSR count). The number of halogens is 1. The Balaban J connectivity index is 1.67. The average Bonchev–Trinajstić information content (AvgIpc) is 3.36. The van der Waals surface area contributed by atoms with E-state index in [1.165, 1.54) is 6.07 Å². The van der Waals surface area contributed by atoms with E-state index >= 15 is 0 Å². The van der Waals surface area contributed by atoms with Crippen LogP contribution in [0.1, 0.15) is 47.9 Å². The maximum atomic E-state index is 14.7. The topological polar surface area (TPSA) is 49.4 Å². The number of carbonyl (C=O) groups excluding carboxylic acids is 2. The maximum Gasteiger partial charge on any atom is 0.243 e. The van der Waals surface area contributed by atoms with Gasteiger partial charge in [-0.15, -0.1) is 0 Å². The minimum atomic E-state index is -0.741. The summed E-state index contributed by atoms with van der Waals surface area (Å²) >= 11 is 0. The average molecular weight is 473 g/mol. The highest BCUT2D eigenvalue weighted by atomic mass is 19.1. The van der Waals surface area contributed by atoms with Crippen LogP contribution in [0.2, 0.25) is 0 Å². The van der Waals surface area contributed by atoms with Crippen LogP contribution in [-0.4, -0.2) is 28.8 Å². The Kier molecular flexibility index (Phi) is 8.30. The summed E-state index contributed by atoms with van der Waals surface area (Å²) < 4.78 is 14.7. The summed E-state index contributed by atoms with van der Waals surface area (Å²) in [4.78, 5) is 28.9. The molecule has 0 bridgehead atoms. The Bertz CT molecular complexity index is 1140. The first-order valence-corrected chi connectivity index (χ1v) is 12.4. The molecule has 0 aliphatic heterocycles. The van der Waals surface area contributed by atoms with Gasteiger partial charge in [0, 0.05) is 24.6 Å². The van der Waals surface area contributed by atoms with E-state index in [1.54, 1.807) is 23.1 Å². The van der Waals surface area contributed by atoms with Crippen molar-refractivity contribution in [3.05, 3.63) is 107 Å². The molecule has 182 valence electrons. The predicted molar refractivity (Wildman–Crippen MR) is 136 cm³/mol. The molecule has 0 aromatic heterocycles. The number of benzene rings is 3. The highest BCUT2D eigenvalue weighted by Gasteiger charge is 2.32. The molecule has 3 aromatic rings. The van der Waals surface area contributed by atoms with E-state index < -0.39 is 6.04 Å². The molecule has 0 saturated heterocycles. The van der Waals surface area contributed by atoms with Gasteiger partial charge in [-0.2, -0.15) is 0 Å². The molecule has 2 amide bonds. The fraction of sp³-hybridized carbons (Fsp3) is 0.333. The van der Waals surface area contributed by atoms with E-state index in [-0.39, 0.29) is 36.6 Å². The van der Waals surface area contributed by atoms with Crippen molar-refractivity contribution >= 4 is 11.8 Å². The zero-order valence-corrected chi connectivity index (χ0v) is 20.3. The molecule has 35 heavy (non-hydrogen) atoms. The van der Waals surface area contributed by atoms with Gasteiger partial charge in [-0.3, -0.25) is 9.59 Å². The largest absolute Gasteiger partial charge is 0.352 e. The normalized spacial score (nSPS) is 14.5. The molecular weight excluding hydrogens is 439 g/mol. The summed E-state index contributed by atoms with van der Waals surface area (Å²) in [5, 5.41) is 3.18. The van der Waals surface area contributed by atoms with Crippen LogP contribution in [0.25, 0.3) is 0 Å². The molecule has 1 aliphatic rings. The van der Waals surface area contributed by atoms with Gasteiger partial charge in [0.1, 0.15) is 11.9 Å². The third-order valence-corrected chi connectivity index (χ3v) is 6.71. The number of rotatable bonds is 9.